The Bertz CT molecular complexity index is 870. The third-order valence-electron chi connectivity index (χ3n) is 6.01. The molecule has 8 nitrogen and oxygen atoms in total. The first-order valence-corrected chi connectivity index (χ1v) is 10.9. The lowest BCUT2D eigenvalue weighted by atomic mass is 10.2. The number of nitrogens with zero attached hydrogens (tertiary/aromatic N) is 6. The minimum atomic E-state index is 0. The number of piperazine rings is 1. The Balaban J connectivity index is 0.00000272. The van der Waals surface area contributed by atoms with Gasteiger partial charge in [0.05, 0.1) is 6.10 Å². The average Bonchev–Trinajstić information content (AvgIpc) is 3.39. The SMILES string of the molecule is Cc1cccc(N2CCN(C(=NCc3nnc(C)n3C)NCC3CCCO3)CC2)c1.I. The maximum atomic E-state index is 5.79. The molecule has 1 unspecified atom stereocenters. The molecular weight excluding hydrogens is 505 g/mol. The lowest BCUT2D eigenvalue weighted by Crippen LogP contribution is -2.53. The monoisotopic (exact) mass is 539 g/mol. The van der Waals surface area contributed by atoms with E-state index in [0.717, 1.165) is 69.8 Å². The van der Waals surface area contributed by atoms with E-state index in [-0.39, 0.29) is 30.1 Å². The molecule has 2 saturated heterocycles. The molecule has 1 aromatic heterocycles. The molecule has 0 saturated carbocycles. The minimum Gasteiger partial charge on any atom is -0.376 e. The zero-order chi connectivity index (χ0) is 20.9. The van der Waals surface area contributed by atoms with Gasteiger partial charge in [-0.3, -0.25) is 0 Å². The number of hydrogen-bond donors (Lipinski definition) is 1. The van der Waals surface area contributed by atoms with E-state index in [9.17, 15) is 0 Å². The summed E-state index contributed by atoms with van der Waals surface area (Å²) in [5.74, 6) is 2.72. The number of ether oxygens (including phenoxy) is 1. The Hall–Kier alpha value is -1.88. The second-order valence-corrected chi connectivity index (χ2v) is 8.19. The third-order valence-corrected chi connectivity index (χ3v) is 6.01. The van der Waals surface area contributed by atoms with Gasteiger partial charge >= 0.3 is 0 Å². The zero-order valence-electron chi connectivity index (χ0n) is 18.8. The summed E-state index contributed by atoms with van der Waals surface area (Å²) < 4.78 is 7.79. The second kappa shape index (κ2) is 11.1. The molecule has 170 valence electrons. The van der Waals surface area contributed by atoms with Gasteiger partial charge in [0.25, 0.3) is 0 Å². The highest BCUT2D eigenvalue weighted by molar-refractivity contribution is 14.0. The van der Waals surface area contributed by atoms with Crippen molar-refractivity contribution in [3.63, 3.8) is 0 Å². The summed E-state index contributed by atoms with van der Waals surface area (Å²) in [5.41, 5.74) is 2.60. The summed E-state index contributed by atoms with van der Waals surface area (Å²) in [7, 11) is 1.99. The van der Waals surface area contributed by atoms with Gasteiger partial charge < -0.3 is 24.4 Å². The number of aliphatic imine (C=N–C) groups is 1. The average molecular weight is 539 g/mol. The quantitative estimate of drug-likeness (QED) is 0.358. The number of nitrogens with one attached hydrogen (secondary N) is 1. The van der Waals surface area contributed by atoms with Crippen molar-refractivity contribution >= 4 is 35.6 Å². The van der Waals surface area contributed by atoms with E-state index in [0.29, 0.717) is 6.54 Å². The van der Waals surface area contributed by atoms with Gasteiger partial charge in [-0.1, -0.05) is 12.1 Å². The Morgan fingerprint density at radius 1 is 1.19 bits per heavy atom. The number of rotatable bonds is 5. The van der Waals surface area contributed by atoms with Crippen molar-refractivity contribution in [1.29, 1.82) is 0 Å². The lowest BCUT2D eigenvalue weighted by molar-refractivity contribution is 0.113. The molecule has 0 spiro atoms. The molecule has 2 aliphatic heterocycles. The first-order valence-electron chi connectivity index (χ1n) is 10.9. The van der Waals surface area contributed by atoms with E-state index in [1.165, 1.54) is 11.3 Å². The predicted molar refractivity (Wildman–Crippen MR) is 134 cm³/mol. The maximum Gasteiger partial charge on any atom is 0.194 e. The fourth-order valence-electron chi connectivity index (χ4n) is 4.01. The van der Waals surface area contributed by atoms with Crippen molar-refractivity contribution < 1.29 is 4.74 Å². The molecule has 2 fully saturated rings. The largest absolute Gasteiger partial charge is 0.376 e. The van der Waals surface area contributed by atoms with E-state index >= 15 is 0 Å². The number of guanidine groups is 1. The van der Waals surface area contributed by atoms with Crippen LogP contribution < -0.4 is 10.2 Å². The van der Waals surface area contributed by atoms with Gasteiger partial charge in [0.15, 0.2) is 11.8 Å². The van der Waals surface area contributed by atoms with Crippen LogP contribution in [0.4, 0.5) is 5.69 Å². The molecule has 9 heteroatoms. The highest BCUT2D eigenvalue weighted by atomic mass is 127. The highest BCUT2D eigenvalue weighted by Gasteiger charge is 2.22. The first kappa shape index (κ1) is 23.8. The standard InChI is InChI=1S/C22H33N7O.HI/c1-17-6-4-7-19(14-17)28-9-11-29(12-10-28)22(23-15-20-8-5-13-30-20)24-16-21-26-25-18(2)27(21)3;/h4,6-7,14,20H,5,8-13,15-16H2,1-3H3,(H,23,24);1H. The van der Waals surface area contributed by atoms with Crippen LogP contribution >= 0.6 is 24.0 Å². The molecule has 4 rings (SSSR count). The smallest absolute Gasteiger partial charge is 0.194 e. The van der Waals surface area contributed by atoms with Crippen molar-refractivity contribution in [2.75, 3.05) is 44.2 Å². The van der Waals surface area contributed by atoms with Crippen LogP contribution in [0, 0.1) is 13.8 Å². The Labute approximate surface area is 202 Å². The van der Waals surface area contributed by atoms with Crippen molar-refractivity contribution in [3.05, 3.63) is 41.5 Å². The van der Waals surface area contributed by atoms with Gasteiger partial charge in [-0.15, -0.1) is 34.2 Å². The summed E-state index contributed by atoms with van der Waals surface area (Å²) in [6.45, 7) is 10.1. The van der Waals surface area contributed by atoms with E-state index in [1.54, 1.807) is 0 Å². The van der Waals surface area contributed by atoms with Crippen molar-refractivity contribution in [2.24, 2.45) is 12.0 Å². The predicted octanol–water partition coefficient (Wildman–Crippen LogP) is 2.50. The van der Waals surface area contributed by atoms with Crippen LogP contribution in [0.25, 0.3) is 0 Å². The molecule has 0 radical (unpaired) electrons. The van der Waals surface area contributed by atoms with Crippen LogP contribution in [-0.2, 0) is 18.3 Å². The number of aromatic nitrogens is 3. The van der Waals surface area contributed by atoms with E-state index in [4.69, 9.17) is 9.73 Å². The molecule has 1 atom stereocenters. The number of aryl methyl sites for hydroxylation is 2. The van der Waals surface area contributed by atoms with Crippen molar-refractivity contribution in [3.8, 4) is 0 Å². The molecule has 2 aliphatic rings. The van der Waals surface area contributed by atoms with Crippen LogP contribution in [0.1, 0.15) is 30.1 Å². The number of benzene rings is 1. The van der Waals surface area contributed by atoms with Gasteiger partial charge in [0.2, 0.25) is 0 Å². The molecule has 3 heterocycles. The molecule has 0 amide bonds. The third kappa shape index (κ3) is 6.09. The lowest BCUT2D eigenvalue weighted by Gasteiger charge is -2.38. The topological polar surface area (TPSA) is 70.8 Å². The van der Waals surface area contributed by atoms with Crippen LogP contribution in [0.5, 0.6) is 0 Å². The fourth-order valence-corrected chi connectivity index (χ4v) is 4.01. The van der Waals surface area contributed by atoms with Gasteiger partial charge in [-0.25, -0.2) is 4.99 Å². The molecule has 0 bridgehead atoms. The number of hydrogen-bond acceptors (Lipinski definition) is 5. The first-order chi connectivity index (χ1) is 14.6. The van der Waals surface area contributed by atoms with Gasteiger partial charge in [0, 0.05) is 52.1 Å². The van der Waals surface area contributed by atoms with Crippen LogP contribution in [0.2, 0.25) is 0 Å². The molecule has 2 aromatic rings. The maximum absolute atomic E-state index is 5.79. The Kier molecular flexibility index (Phi) is 8.53. The molecule has 1 N–H and O–H groups in total. The van der Waals surface area contributed by atoms with Gasteiger partial charge in [-0.2, -0.15) is 0 Å². The normalized spacial score (nSPS) is 19.5. The fraction of sp³-hybridized carbons (Fsp3) is 0.591. The minimum absolute atomic E-state index is 0. The van der Waals surface area contributed by atoms with Gasteiger partial charge in [0.1, 0.15) is 12.4 Å². The van der Waals surface area contributed by atoms with Crippen molar-refractivity contribution in [2.45, 2.75) is 39.3 Å². The molecule has 0 aliphatic carbocycles. The second-order valence-electron chi connectivity index (χ2n) is 8.19. The Morgan fingerprint density at radius 2 is 2.00 bits per heavy atom. The summed E-state index contributed by atoms with van der Waals surface area (Å²) >= 11 is 0. The highest BCUT2D eigenvalue weighted by Crippen LogP contribution is 2.18. The zero-order valence-corrected chi connectivity index (χ0v) is 21.1. The molecule has 31 heavy (non-hydrogen) atoms. The Morgan fingerprint density at radius 3 is 2.65 bits per heavy atom. The van der Waals surface area contributed by atoms with Crippen LogP contribution in [0.15, 0.2) is 29.3 Å². The summed E-state index contributed by atoms with van der Waals surface area (Å²) in [4.78, 5) is 9.70. The van der Waals surface area contributed by atoms with Crippen molar-refractivity contribution in [1.82, 2.24) is 25.0 Å². The number of halogens is 1. The van der Waals surface area contributed by atoms with E-state index < -0.39 is 0 Å². The van der Waals surface area contributed by atoms with E-state index in [1.807, 2.05) is 18.5 Å². The summed E-state index contributed by atoms with van der Waals surface area (Å²) in [5, 5.41) is 12.0. The van der Waals surface area contributed by atoms with Crippen LogP contribution in [-0.4, -0.2) is 71.1 Å². The molecular formula is C22H34IN7O. The number of anilines is 1. The van der Waals surface area contributed by atoms with Gasteiger partial charge in [-0.05, 0) is 44.4 Å². The summed E-state index contributed by atoms with van der Waals surface area (Å²) in [6, 6.07) is 8.74. The van der Waals surface area contributed by atoms with E-state index in [2.05, 4.69) is 56.5 Å². The summed E-state index contributed by atoms with van der Waals surface area (Å²) in [6.07, 6.45) is 2.54. The van der Waals surface area contributed by atoms with Crippen LogP contribution in [0.3, 0.4) is 0 Å². The molecule has 1 aromatic carbocycles.